The van der Waals surface area contributed by atoms with Gasteiger partial charge in [0.05, 0.1) is 0 Å². The molecule has 15 heavy (non-hydrogen) atoms. The molecule has 0 aliphatic rings. The van der Waals surface area contributed by atoms with E-state index in [4.69, 9.17) is 16.6 Å². The van der Waals surface area contributed by atoms with E-state index < -0.39 is 17.4 Å². The largest absolute Gasteiger partial charge is 0.479 e. The first-order valence-corrected chi connectivity index (χ1v) is 4.05. The van der Waals surface area contributed by atoms with Crippen LogP contribution in [0.4, 0.5) is 0 Å². The fourth-order valence-corrected chi connectivity index (χ4v) is 1.23. The van der Waals surface area contributed by atoms with Crippen LogP contribution >= 0.6 is 0 Å². The molecule has 0 heterocycles. The first kappa shape index (κ1) is 10.8. The van der Waals surface area contributed by atoms with Crippen LogP contribution in [0.3, 0.4) is 0 Å². The van der Waals surface area contributed by atoms with Crippen LogP contribution in [0.1, 0.15) is 5.56 Å². The standard InChI is InChI=1S/C11H8O4/c1-2-11(9(12)13,10(14)15)8-6-4-3-5-7-8/h1,3-7H,(H,12,13)(H,14,15). The van der Waals surface area contributed by atoms with Gasteiger partial charge < -0.3 is 10.2 Å². The van der Waals surface area contributed by atoms with E-state index in [1.54, 1.807) is 6.07 Å². The van der Waals surface area contributed by atoms with Crippen LogP contribution in [0, 0.1) is 12.3 Å². The Hall–Kier alpha value is -2.28. The molecule has 0 aliphatic carbocycles. The second kappa shape index (κ2) is 3.84. The SMILES string of the molecule is C#CC(C(=O)O)(C(=O)O)c1ccccc1. The van der Waals surface area contributed by atoms with Gasteiger partial charge >= 0.3 is 11.9 Å². The third kappa shape index (κ3) is 1.55. The van der Waals surface area contributed by atoms with Gasteiger partial charge in [-0.1, -0.05) is 36.3 Å². The number of carboxylic acids is 2. The Morgan fingerprint density at radius 2 is 1.60 bits per heavy atom. The van der Waals surface area contributed by atoms with E-state index in [1.165, 1.54) is 24.3 Å². The molecule has 4 heteroatoms. The van der Waals surface area contributed by atoms with Gasteiger partial charge in [-0.3, -0.25) is 0 Å². The zero-order valence-electron chi connectivity index (χ0n) is 7.68. The smallest absolute Gasteiger partial charge is 0.338 e. The van der Waals surface area contributed by atoms with Crippen LogP contribution in [0.15, 0.2) is 30.3 Å². The predicted molar refractivity (Wildman–Crippen MR) is 52.2 cm³/mol. The lowest BCUT2D eigenvalue weighted by Gasteiger charge is -2.18. The van der Waals surface area contributed by atoms with Gasteiger partial charge in [-0.05, 0) is 5.56 Å². The summed E-state index contributed by atoms with van der Waals surface area (Å²) < 4.78 is 0. The van der Waals surface area contributed by atoms with Gasteiger partial charge in [-0.15, -0.1) is 6.42 Å². The van der Waals surface area contributed by atoms with E-state index >= 15 is 0 Å². The second-order valence-corrected chi connectivity index (χ2v) is 2.87. The molecular formula is C11H8O4. The van der Waals surface area contributed by atoms with E-state index in [0.717, 1.165) is 0 Å². The van der Waals surface area contributed by atoms with E-state index in [-0.39, 0.29) is 5.56 Å². The molecule has 76 valence electrons. The van der Waals surface area contributed by atoms with Gasteiger partial charge in [0, 0.05) is 0 Å². The molecule has 0 atom stereocenters. The van der Waals surface area contributed by atoms with Gasteiger partial charge in [-0.2, -0.15) is 0 Å². The van der Waals surface area contributed by atoms with Crippen molar-refractivity contribution in [3.05, 3.63) is 35.9 Å². The molecule has 0 radical (unpaired) electrons. The van der Waals surface area contributed by atoms with Crippen LogP contribution in [0.5, 0.6) is 0 Å². The van der Waals surface area contributed by atoms with Crippen molar-refractivity contribution in [3.63, 3.8) is 0 Å². The van der Waals surface area contributed by atoms with Crippen LogP contribution in [0.2, 0.25) is 0 Å². The number of terminal acetylenes is 1. The Morgan fingerprint density at radius 1 is 1.13 bits per heavy atom. The summed E-state index contributed by atoms with van der Waals surface area (Å²) in [5.41, 5.74) is -2.24. The van der Waals surface area contributed by atoms with Crippen LogP contribution in [0.25, 0.3) is 0 Å². The molecule has 1 rings (SSSR count). The fraction of sp³-hybridized carbons (Fsp3) is 0.0909. The first-order valence-electron chi connectivity index (χ1n) is 4.05. The molecule has 0 saturated carbocycles. The molecule has 0 spiro atoms. The van der Waals surface area contributed by atoms with Crippen LogP contribution in [-0.2, 0) is 15.0 Å². The number of carbonyl (C=O) groups is 2. The van der Waals surface area contributed by atoms with Crippen molar-refractivity contribution in [1.29, 1.82) is 0 Å². The molecule has 4 nitrogen and oxygen atoms in total. The van der Waals surface area contributed by atoms with E-state index in [2.05, 4.69) is 0 Å². The van der Waals surface area contributed by atoms with Gasteiger partial charge in [0.25, 0.3) is 0 Å². The highest BCUT2D eigenvalue weighted by molar-refractivity contribution is 6.08. The highest BCUT2D eigenvalue weighted by Crippen LogP contribution is 2.24. The van der Waals surface area contributed by atoms with Crippen molar-refractivity contribution in [1.82, 2.24) is 0 Å². The molecule has 0 saturated heterocycles. The van der Waals surface area contributed by atoms with Crippen LogP contribution < -0.4 is 0 Å². The molecule has 0 bridgehead atoms. The number of benzene rings is 1. The highest BCUT2D eigenvalue weighted by atomic mass is 16.4. The number of rotatable bonds is 3. The maximum absolute atomic E-state index is 11.0. The van der Waals surface area contributed by atoms with Crippen molar-refractivity contribution < 1.29 is 19.8 Å². The quantitative estimate of drug-likeness (QED) is 0.562. The lowest BCUT2D eigenvalue weighted by Crippen LogP contribution is -2.42. The molecule has 0 aliphatic heterocycles. The summed E-state index contributed by atoms with van der Waals surface area (Å²) in [6.45, 7) is 0. The zero-order valence-corrected chi connectivity index (χ0v) is 7.68. The second-order valence-electron chi connectivity index (χ2n) is 2.87. The normalized spacial score (nSPS) is 10.3. The number of carboxylic acid groups (broad SMARTS) is 2. The zero-order chi connectivity index (χ0) is 11.5. The number of aliphatic carboxylic acids is 2. The van der Waals surface area contributed by atoms with E-state index in [1.807, 2.05) is 5.92 Å². The van der Waals surface area contributed by atoms with Gasteiger partial charge in [0.15, 0.2) is 0 Å². The summed E-state index contributed by atoms with van der Waals surface area (Å²) >= 11 is 0. The van der Waals surface area contributed by atoms with Crippen molar-refractivity contribution >= 4 is 11.9 Å². The van der Waals surface area contributed by atoms with Crippen molar-refractivity contribution in [2.45, 2.75) is 5.41 Å². The Bertz CT molecular complexity index is 414. The molecule has 1 aromatic carbocycles. The Kier molecular flexibility index (Phi) is 2.77. The molecular weight excluding hydrogens is 196 g/mol. The minimum Gasteiger partial charge on any atom is -0.479 e. The van der Waals surface area contributed by atoms with Gasteiger partial charge in [-0.25, -0.2) is 9.59 Å². The molecule has 0 amide bonds. The lowest BCUT2D eigenvalue weighted by atomic mass is 9.81. The third-order valence-corrected chi connectivity index (χ3v) is 2.06. The van der Waals surface area contributed by atoms with Crippen LogP contribution in [-0.4, -0.2) is 22.2 Å². The Labute approximate surface area is 86.2 Å². The highest BCUT2D eigenvalue weighted by Gasteiger charge is 2.46. The molecule has 1 aromatic rings. The molecule has 2 N–H and O–H groups in total. The summed E-state index contributed by atoms with van der Waals surface area (Å²) in [6.07, 6.45) is 5.03. The average Bonchev–Trinajstić information content (AvgIpc) is 2.20. The molecule has 0 unspecified atom stereocenters. The van der Waals surface area contributed by atoms with Gasteiger partial charge in [0.2, 0.25) is 5.41 Å². The topological polar surface area (TPSA) is 74.6 Å². The number of hydrogen-bond acceptors (Lipinski definition) is 2. The molecule has 0 fully saturated rings. The minimum atomic E-state index is -2.30. The maximum atomic E-state index is 11.0. The summed E-state index contributed by atoms with van der Waals surface area (Å²) in [4.78, 5) is 21.9. The maximum Gasteiger partial charge on any atom is 0.338 e. The van der Waals surface area contributed by atoms with E-state index in [9.17, 15) is 9.59 Å². The molecule has 0 aromatic heterocycles. The summed E-state index contributed by atoms with van der Waals surface area (Å²) in [6, 6.07) is 7.47. The summed E-state index contributed by atoms with van der Waals surface area (Å²) in [5.74, 6) is -1.30. The first-order chi connectivity index (χ1) is 7.05. The predicted octanol–water partition coefficient (Wildman–Crippen LogP) is 0.727. The average molecular weight is 204 g/mol. The fourth-order valence-electron chi connectivity index (χ4n) is 1.23. The van der Waals surface area contributed by atoms with Crippen molar-refractivity contribution in [2.24, 2.45) is 0 Å². The van der Waals surface area contributed by atoms with Crippen molar-refractivity contribution in [3.8, 4) is 12.3 Å². The monoisotopic (exact) mass is 204 g/mol. The Balaban J connectivity index is 3.44. The van der Waals surface area contributed by atoms with E-state index in [0.29, 0.717) is 0 Å². The number of hydrogen-bond donors (Lipinski definition) is 2. The van der Waals surface area contributed by atoms with Gasteiger partial charge in [0.1, 0.15) is 0 Å². The Morgan fingerprint density at radius 3 is 1.93 bits per heavy atom. The van der Waals surface area contributed by atoms with Crippen molar-refractivity contribution in [2.75, 3.05) is 0 Å². The lowest BCUT2D eigenvalue weighted by molar-refractivity contribution is -0.154. The third-order valence-electron chi connectivity index (χ3n) is 2.06. The summed E-state index contributed by atoms with van der Waals surface area (Å²) in [5, 5.41) is 17.8. The minimum absolute atomic E-state index is 0.0625. The summed E-state index contributed by atoms with van der Waals surface area (Å²) in [7, 11) is 0.